The molecule has 2 heterocycles. The Labute approximate surface area is 191 Å². The molecule has 3 aromatic rings. The van der Waals surface area contributed by atoms with Crippen molar-refractivity contribution in [3.05, 3.63) is 67.6 Å². The van der Waals surface area contributed by atoms with Crippen LogP contribution in [-0.2, 0) is 4.79 Å². The van der Waals surface area contributed by atoms with Gasteiger partial charge < -0.3 is 4.90 Å². The second-order valence-corrected chi connectivity index (χ2v) is 9.10. The molecule has 1 unspecified atom stereocenters. The molecule has 2 amide bonds. The second kappa shape index (κ2) is 8.51. The van der Waals surface area contributed by atoms with E-state index in [0.29, 0.717) is 43.7 Å². The third-order valence-corrected chi connectivity index (χ3v) is 6.93. The molecule has 0 aliphatic carbocycles. The highest BCUT2D eigenvalue weighted by Gasteiger charge is 2.34. The van der Waals surface area contributed by atoms with E-state index in [-0.39, 0.29) is 17.7 Å². The minimum Gasteiger partial charge on any atom is -0.312 e. The molecule has 0 saturated carbocycles. The molecular formula is C20H15Cl3N4O2S. The molecule has 2 aromatic carbocycles. The van der Waals surface area contributed by atoms with Crippen molar-refractivity contribution in [2.45, 2.75) is 19.3 Å². The highest BCUT2D eigenvalue weighted by molar-refractivity contribution is 7.15. The highest BCUT2D eigenvalue weighted by Crippen LogP contribution is 2.35. The Hall–Kier alpha value is -2.19. The van der Waals surface area contributed by atoms with E-state index in [9.17, 15) is 9.59 Å². The van der Waals surface area contributed by atoms with Crippen LogP contribution in [0.5, 0.6) is 0 Å². The van der Waals surface area contributed by atoms with Gasteiger partial charge in [0.15, 0.2) is 0 Å². The minimum atomic E-state index is -0.366. The highest BCUT2D eigenvalue weighted by atomic mass is 35.5. The first-order chi connectivity index (χ1) is 14.3. The van der Waals surface area contributed by atoms with Crippen LogP contribution in [0.3, 0.4) is 0 Å². The lowest BCUT2D eigenvalue weighted by Crippen LogP contribution is -2.24. The van der Waals surface area contributed by atoms with E-state index < -0.39 is 0 Å². The standard InChI is InChI=1S/C20H15Cl3N4O2S/c1-10-2-4-13(8-15(10)22)27-9-12(7-17(27)28)19-25-26-20(30-19)24-18(29)11-3-5-14(21)16(23)6-11/h2-6,8,12H,7,9H2,1H3,(H,24,26,29). The van der Waals surface area contributed by atoms with Gasteiger partial charge in [-0.25, -0.2) is 0 Å². The average Bonchev–Trinajstić information content (AvgIpc) is 3.32. The van der Waals surface area contributed by atoms with Gasteiger partial charge >= 0.3 is 0 Å². The lowest BCUT2D eigenvalue weighted by Gasteiger charge is -2.17. The van der Waals surface area contributed by atoms with Crippen molar-refractivity contribution in [1.82, 2.24) is 10.2 Å². The number of benzene rings is 2. The molecule has 1 atom stereocenters. The van der Waals surface area contributed by atoms with E-state index in [0.717, 1.165) is 11.3 Å². The van der Waals surface area contributed by atoms with Crippen molar-refractivity contribution in [2.24, 2.45) is 0 Å². The van der Waals surface area contributed by atoms with Crippen molar-refractivity contribution in [1.29, 1.82) is 0 Å². The average molecular weight is 482 g/mol. The number of hydrogen-bond acceptors (Lipinski definition) is 5. The summed E-state index contributed by atoms with van der Waals surface area (Å²) >= 11 is 19.3. The number of nitrogens with one attached hydrogen (secondary N) is 1. The van der Waals surface area contributed by atoms with Crippen LogP contribution in [0.15, 0.2) is 36.4 Å². The van der Waals surface area contributed by atoms with Crippen molar-refractivity contribution >= 4 is 68.8 Å². The molecule has 1 aliphatic rings. The molecule has 0 spiro atoms. The van der Waals surface area contributed by atoms with Gasteiger partial charge in [-0.05, 0) is 42.8 Å². The fourth-order valence-electron chi connectivity index (χ4n) is 3.13. The molecule has 0 radical (unpaired) electrons. The molecule has 1 N–H and O–H groups in total. The first kappa shape index (κ1) is 21.1. The maximum absolute atomic E-state index is 12.5. The Morgan fingerprint density at radius 2 is 1.90 bits per heavy atom. The summed E-state index contributed by atoms with van der Waals surface area (Å²) in [6.07, 6.45) is 0.320. The van der Waals surface area contributed by atoms with Gasteiger partial charge in [-0.3, -0.25) is 14.9 Å². The Kier molecular flexibility index (Phi) is 5.97. The molecule has 1 saturated heterocycles. The molecule has 0 bridgehead atoms. The Balaban J connectivity index is 1.46. The summed E-state index contributed by atoms with van der Waals surface area (Å²) in [6.45, 7) is 2.39. The van der Waals surface area contributed by atoms with E-state index in [1.54, 1.807) is 23.1 Å². The molecule has 4 rings (SSSR count). The lowest BCUT2D eigenvalue weighted by molar-refractivity contribution is -0.117. The maximum Gasteiger partial charge on any atom is 0.257 e. The summed E-state index contributed by atoms with van der Waals surface area (Å²) in [7, 11) is 0. The normalized spacial score (nSPS) is 16.2. The van der Waals surface area contributed by atoms with Gasteiger partial charge in [0, 0.05) is 35.2 Å². The van der Waals surface area contributed by atoms with Crippen LogP contribution >= 0.6 is 46.1 Å². The number of hydrogen-bond donors (Lipinski definition) is 1. The van der Waals surface area contributed by atoms with E-state index in [1.165, 1.54) is 17.4 Å². The van der Waals surface area contributed by atoms with Crippen molar-refractivity contribution in [3.63, 3.8) is 0 Å². The molecule has 6 nitrogen and oxygen atoms in total. The summed E-state index contributed by atoms with van der Waals surface area (Å²) in [6, 6.07) is 10.2. The van der Waals surface area contributed by atoms with Crippen molar-refractivity contribution < 1.29 is 9.59 Å². The lowest BCUT2D eigenvalue weighted by atomic mass is 10.1. The van der Waals surface area contributed by atoms with Crippen LogP contribution in [0, 0.1) is 6.92 Å². The summed E-state index contributed by atoms with van der Waals surface area (Å²) in [4.78, 5) is 26.6. The maximum atomic E-state index is 12.5. The molecular weight excluding hydrogens is 467 g/mol. The third kappa shape index (κ3) is 4.30. The summed E-state index contributed by atoms with van der Waals surface area (Å²) < 4.78 is 0. The Morgan fingerprint density at radius 1 is 1.10 bits per heavy atom. The predicted octanol–water partition coefficient (Wildman–Crippen LogP) is 5.58. The van der Waals surface area contributed by atoms with Gasteiger partial charge in [0.2, 0.25) is 11.0 Å². The van der Waals surface area contributed by atoms with E-state index in [1.807, 2.05) is 19.1 Å². The number of rotatable bonds is 4. The first-order valence-electron chi connectivity index (χ1n) is 8.98. The van der Waals surface area contributed by atoms with Crippen LogP contribution in [0.4, 0.5) is 10.8 Å². The molecule has 1 fully saturated rings. The zero-order chi connectivity index (χ0) is 21.4. The molecule has 30 heavy (non-hydrogen) atoms. The van der Waals surface area contributed by atoms with Crippen LogP contribution in [0.1, 0.15) is 33.3 Å². The van der Waals surface area contributed by atoms with Gasteiger partial charge in [-0.1, -0.05) is 52.2 Å². The van der Waals surface area contributed by atoms with Gasteiger partial charge in [-0.15, -0.1) is 10.2 Å². The van der Waals surface area contributed by atoms with E-state index in [4.69, 9.17) is 34.8 Å². The van der Waals surface area contributed by atoms with Crippen LogP contribution in [-0.4, -0.2) is 28.6 Å². The number of carbonyl (C=O) groups is 2. The zero-order valence-corrected chi connectivity index (χ0v) is 18.7. The van der Waals surface area contributed by atoms with E-state index in [2.05, 4.69) is 15.5 Å². The molecule has 1 aromatic heterocycles. The number of halogens is 3. The molecule has 1 aliphatic heterocycles. The second-order valence-electron chi connectivity index (χ2n) is 6.87. The van der Waals surface area contributed by atoms with E-state index >= 15 is 0 Å². The predicted molar refractivity (Wildman–Crippen MR) is 120 cm³/mol. The first-order valence-corrected chi connectivity index (χ1v) is 10.9. The zero-order valence-electron chi connectivity index (χ0n) is 15.7. The summed E-state index contributed by atoms with van der Waals surface area (Å²) in [5.74, 6) is -0.475. The van der Waals surface area contributed by atoms with Crippen LogP contribution in [0.25, 0.3) is 0 Å². The van der Waals surface area contributed by atoms with Gasteiger partial charge in [0.1, 0.15) is 5.01 Å². The number of carbonyl (C=O) groups excluding carboxylic acids is 2. The number of aromatic nitrogens is 2. The van der Waals surface area contributed by atoms with Gasteiger partial charge in [-0.2, -0.15) is 0 Å². The Bertz CT molecular complexity index is 1150. The van der Waals surface area contributed by atoms with Gasteiger partial charge in [0.25, 0.3) is 5.91 Å². The molecule has 10 heteroatoms. The largest absolute Gasteiger partial charge is 0.312 e. The fourth-order valence-corrected chi connectivity index (χ4v) is 4.43. The van der Waals surface area contributed by atoms with Crippen molar-refractivity contribution in [2.75, 3.05) is 16.8 Å². The number of aryl methyl sites for hydroxylation is 1. The topological polar surface area (TPSA) is 75.2 Å². The smallest absolute Gasteiger partial charge is 0.257 e. The number of anilines is 2. The molecule has 154 valence electrons. The Morgan fingerprint density at radius 3 is 2.63 bits per heavy atom. The number of amides is 2. The van der Waals surface area contributed by atoms with Crippen LogP contribution < -0.4 is 10.2 Å². The quantitative estimate of drug-likeness (QED) is 0.528. The van der Waals surface area contributed by atoms with Crippen molar-refractivity contribution in [3.8, 4) is 0 Å². The third-order valence-electron chi connectivity index (χ3n) is 4.78. The monoisotopic (exact) mass is 480 g/mol. The van der Waals surface area contributed by atoms with Crippen LogP contribution in [0.2, 0.25) is 15.1 Å². The SMILES string of the molecule is Cc1ccc(N2CC(c3nnc(NC(=O)c4ccc(Cl)c(Cl)c4)s3)CC2=O)cc1Cl. The minimum absolute atomic E-state index is 0.00323. The van der Waals surface area contributed by atoms with Gasteiger partial charge in [0.05, 0.1) is 10.0 Å². The fraction of sp³-hybridized carbons (Fsp3) is 0.200. The summed E-state index contributed by atoms with van der Waals surface area (Å²) in [5, 5.41) is 13.2. The number of nitrogens with zero attached hydrogens (tertiary/aromatic N) is 3. The summed E-state index contributed by atoms with van der Waals surface area (Å²) in [5.41, 5.74) is 2.07.